The standard InChI is InChI=1S/C17H23FN2O3/c1-11(16(22)12-6-8-14(18)9-7-12)20-15(21)3-2-10-19-17(23)13-4-5-13/h6-9,11,13,16,22H,2-5,10H2,1H3,(H,19,23)(H,20,21). The van der Waals surface area contributed by atoms with E-state index in [-0.39, 0.29) is 30.0 Å². The van der Waals surface area contributed by atoms with Crippen molar-refractivity contribution in [3.63, 3.8) is 0 Å². The number of hydrogen-bond donors (Lipinski definition) is 3. The largest absolute Gasteiger partial charge is 0.386 e. The molecule has 6 heteroatoms. The molecule has 126 valence electrons. The predicted octanol–water partition coefficient (Wildman–Crippen LogP) is 1.67. The summed E-state index contributed by atoms with van der Waals surface area (Å²) in [6.45, 7) is 2.18. The Kier molecular flexibility index (Phi) is 6.10. The second-order valence-electron chi connectivity index (χ2n) is 6.02. The zero-order valence-electron chi connectivity index (χ0n) is 13.2. The first-order valence-electron chi connectivity index (χ1n) is 7.98. The molecule has 1 fully saturated rings. The van der Waals surface area contributed by atoms with Gasteiger partial charge >= 0.3 is 0 Å². The molecule has 23 heavy (non-hydrogen) atoms. The number of hydrogen-bond acceptors (Lipinski definition) is 3. The number of rotatable bonds is 8. The molecule has 0 saturated heterocycles. The van der Waals surface area contributed by atoms with Crippen molar-refractivity contribution in [3.05, 3.63) is 35.6 Å². The van der Waals surface area contributed by atoms with Gasteiger partial charge in [-0.3, -0.25) is 9.59 Å². The smallest absolute Gasteiger partial charge is 0.223 e. The van der Waals surface area contributed by atoms with E-state index in [1.165, 1.54) is 24.3 Å². The van der Waals surface area contributed by atoms with Crippen LogP contribution in [0.1, 0.15) is 44.3 Å². The van der Waals surface area contributed by atoms with Crippen molar-refractivity contribution < 1.29 is 19.1 Å². The van der Waals surface area contributed by atoms with Gasteiger partial charge in [0.25, 0.3) is 0 Å². The van der Waals surface area contributed by atoms with Crippen molar-refractivity contribution in [1.82, 2.24) is 10.6 Å². The lowest BCUT2D eigenvalue weighted by Crippen LogP contribution is -2.37. The average Bonchev–Trinajstić information content (AvgIpc) is 3.36. The van der Waals surface area contributed by atoms with E-state index in [0.29, 0.717) is 18.5 Å². The summed E-state index contributed by atoms with van der Waals surface area (Å²) >= 11 is 0. The molecular weight excluding hydrogens is 299 g/mol. The maximum atomic E-state index is 12.9. The van der Waals surface area contributed by atoms with Crippen molar-refractivity contribution >= 4 is 11.8 Å². The first-order chi connectivity index (χ1) is 11.0. The van der Waals surface area contributed by atoms with Gasteiger partial charge in [0.2, 0.25) is 11.8 Å². The molecule has 2 rings (SSSR count). The van der Waals surface area contributed by atoms with E-state index in [1.807, 2.05) is 0 Å². The van der Waals surface area contributed by atoms with Crippen LogP contribution in [0, 0.1) is 11.7 Å². The normalized spacial score (nSPS) is 16.5. The summed E-state index contributed by atoms with van der Waals surface area (Å²) in [4.78, 5) is 23.3. The van der Waals surface area contributed by atoms with E-state index in [0.717, 1.165) is 12.8 Å². The SMILES string of the molecule is CC(NC(=O)CCCNC(=O)C1CC1)C(O)c1ccc(F)cc1. The molecule has 1 aliphatic rings. The lowest BCUT2D eigenvalue weighted by Gasteiger charge is -2.20. The minimum absolute atomic E-state index is 0.0745. The summed E-state index contributed by atoms with van der Waals surface area (Å²) in [5.41, 5.74) is 0.552. The number of nitrogens with one attached hydrogen (secondary N) is 2. The molecule has 1 aromatic carbocycles. The summed E-state index contributed by atoms with van der Waals surface area (Å²) in [7, 11) is 0. The first kappa shape index (κ1) is 17.4. The molecule has 2 amide bonds. The lowest BCUT2D eigenvalue weighted by atomic mass is 10.0. The molecule has 0 aromatic heterocycles. The van der Waals surface area contributed by atoms with Gasteiger partial charge in [-0.1, -0.05) is 12.1 Å². The number of amides is 2. The van der Waals surface area contributed by atoms with Gasteiger partial charge in [-0.25, -0.2) is 4.39 Å². The number of carbonyl (C=O) groups is 2. The highest BCUT2D eigenvalue weighted by atomic mass is 19.1. The Bertz CT molecular complexity index is 543. The van der Waals surface area contributed by atoms with Crippen molar-refractivity contribution in [2.45, 2.75) is 44.8 Å². The summed E-state index contributed by atoms with van der Waals surface area (Å²) < 4.78 is 12.9. The van der Waals surface area contributed by atoms with Gasteiger partial charge in [-0.15, -0.1) is 0 Å². The number of aliphatic hydroxyl groups excluding tert-OH is 1. The highest BCUT2D eigenvalue weighted by Crippen LogP contribution is 2.28. The average molecular weight is 322 g/mol. The van der Waals surface area contributed by atoms with Crippen molar-refractivity contribution in [2.75, 3.05) is 6.54 Å². The van der Waals surface area contributed by atoms with Gasteiger partial charge in [0.15, 0.2) is 0 Å². The molecule has 2 atom stereocenters. The van der Waals surface area contributed by atoms with Crippen LogP contribution in [0.25, 0.3) is 0 Å². The molecule has 2 unspecified atom stereocenters. The topological polar surface area (TPSA) is 78.4 Å². The molecule has 1 saturated carbocycles. The van der Waals surface area contributed by atoms with Crippen LogP contribution in [-0.4, -0.2) is 29.5 Å². The van der Waals surface area contributed by atoms with Crippen molar-refractivity contribution in [2.24, 2.45) is 5.92 Å². The number of benzene rings is 1. The Morgan fingerprint density at radius 1 is 1.30 bits per heavy atom. The van der Waals surface area contributed by atoms with Gasteiger partial charge in [0, 0.05) is 18.9 Å². The number of carbonyl (C=O) groups excluding carboxylic acids is 2. The second kappa shape index (κ2) is 8.06. The van der Waals surface area contributed by atoms with Gasteiger partial charge in [0.1, 0.15) is 5.82 Å². The van der Waals surface area contributed by atoms with Crippen LogP contribution >= 0.6 is 0 Å². The molecule has 5 nitrogen and oxygen atoms in total. The number of halogens is 1. The van der Waals surface area contributed by atoms with E-state index in [2.05, 4.69) is 10.6 Å². The highest BCUT2D eigenvalue weighted by Gasteiger charge is 2.29. The molecule has 0 bridgehead atoms. The van der Waals surface area contributed by atoms with Crippen LogP contribution in [0.2, 0.25) is 0 Å². The van der Waals surface area contributed by atoms with E-state index in [9.17, 15) is 19.1 Å². The number of aliphatic hydroxyl groups is 1. The fourth-order valence-electron chi connectivity index (χ4n) is 2.30. The minimum atomic E-state index is -0.894. The fourth-order valence-corrected chi connectivity index (χ4v) is 2.30. The Morgan fingerprint density at radius 3 is 2.57 bits per heavy atom. The zero-order chi connectivity index (χ0) is 16.8. The third kappa shape index (κ3) is 5.63. The molecule has 0 spiro atoms. The third-order valence-corrected chi connectivity index (χ3v) is 3.90. The van der Waals surface area contributed by atoms with Crippen molar-refractivity contribution in [1.29, 1.82) is 0 Å². The van der Waals surface area contributed by atoms with Gasteiger partial charge in [-0.2, -0.15) is 0 Å². The van der Waals surface area contributed by atoms with Gasteiger partial charge < -0.3 is 15.7 Å². The van der Waals surface area contributed by atoms with Crippen LogP contribution in [0.4, 0.5) is 4.39 Å². The van der Waals surface area contributed by atoms with E-state index >= 15 is 0 Å². The Hall–Kier alpha value is -1.95. The lowest BCUT2D eigenvalue weighted by molar-refractivity contribution is -0.124. The maximum Gasteiger partial charge on any atom is 0.223 e. The Labute approximate surface area is 135 Å². The van der Waals surface area contributed by atoms with E-state index in [4.69, 9.17) is 0 Å². The molecule has 0 aliphatic heterocycles. The monoisotopic (exact) mass is 322 g/mol. The Balaban J connectivity index is 1.66. The fraction of sp³-hybridized carbons (Fsp3) is 0.529. The molecule has 1 aromatic rings. The maximum absolute atomic E-state index is 12.9. The van der Waals surface area contributed by atoms with Crippen molar-refractivity contribution in [3.8, 4) is 0 Å². The summed E-state index contributed by atoms with van der Waals surface area (Å²) in [6, 6.07) is 5.06. The summed E-state index contributed by atoms with van der Waals surface area (Å²) in [5.74, 6) is -0.301. The van der Waals surface area contributed by atoms with E-state index < -0.39 is 12.1 Å². The minimum Gasteiger partial charge on any atom is -0.386 e. The predicted molar refractivity (Wildman–Crippen MR) is 83.9 cm³/mol. The summed E-state index contributed by atoms with van der Waals surface area (Å²) in [5, 5.41) is 15.7. The van der Waals surface area contributed by atoms with E-state index in [1.54, 1.807) is 6.92 Å². The third-order valence-electron chi connectivity index (χ3n) is 3.90. The summed E-state index contributed by atoms with van der Waals surface area (Å²) in [6.07, 6.45) is 1.87. The first-order valence-corrected chi connectivity index (χ1v) is 7.98. The van der Waals surface area contributed by atoms with Gasteiger partial charge in [0.05, 0.1) is 12.1 Å². The molecule has 0 radical (unpaired) electrons. The van der Waals surface area contributed by atoms with Crippen LogP contribution in [0.5, 0.6) is 0 Å². The Morgan fingerprint density at radius 2 is 1.96 bits per heavy atom. The molecule has 1 aliphatic carbocycles. The van der Waals surface area contributed by atoms with Crippen LogP contribution in [0.15, 0.2) is 24.3 Å². The molecule has 3 N–H and O–H groups in total. The second-order valence-corrected chi connectivity index (χ2v) is 6.02. The highest BCUT2D eigenvalue weighted by molar-refractivity contribution is 5.81. The van der Waals surface area contributed by atoms with Crippen LogP contribution in [0.3, 0.4) is 0 Å². The molecule has 0 heterocycles. The zero-order valence-corrected chi connectivity index (χ0v) is 13.2. The molecular formula is C17H23FN2O3. The quantitative estimate of drug-likeness (QED) is 0.637. The van der Waals surface area contributed by atoms with Crippen LogP contribution < -0.4 is 10.6 Å². The van der Waals surface area contributed by atoms with Crippen LogP contribution in [-0.2, 0) is 9.59 Å². The van der Waals surface area contributed by atoms with Gasteiger partial charge in [-0.05, 0) is 43.9 Å².